The average molecular weight is 366 g/mol. The van der Waals surface area contributed by atoms with Crippen molar-refractivity contribution in [2.75, 3.05) is 5.75 Å². The van der Waals surface area contributed by atoms with Crippen LogP contribution in [0.1, 0.15) is 105 Å². The van der Waals surface area contributed by atoms with Crippen LogP contribution in [0.4, 0.5) is 0 Å². The van der Waals surface area contributed by atoms with E-state index in [2.05, 4.69) is 27.7 Å². The summed E-state index contributed by atoms with van der Waals surface area (Å²) in [6.45, 7) is 10.3. The van der Waals surface area contributed by atoms with Gasteiger partial charge < -0.3 is 5.73 Å². The molecular formula is C19H43NO3S. The van der Waals surface area contributed by atoms with Crippen molar-refractivity contribution in [2.45, 2.75) is 111 Å². The molecule has 0 aliphatic rings. The van der Waals surface area contributed by atoms with E-state index < -0.39 is 10.1 Å². The molecule has 0 aliphatic carbocycles. The topological polar surface area (TPSA) is 80.4 Å². The van der Waals surface area contributed by atoms with Gasteiger partial charge in [-0.3, -0.25) is 4.55 Å². The molecular weight excluding hydrogens is 322 g/mol. The highest BCUT2D eigenvalue weighted by Gasteiger charge is 2.22. The number of nitrogens with two attached hydrogens (primary N) is 1. The second-order valence-corrected chi connectivity index (χ2v) is 9.16. The van der Waals surface area contributed by atoms with Crippen molar-refractivity contribution in [1.29, 1.82) is 0 Å². The fourth-order valence-corrected chi connectivity index (χ4v) is 2.80. The molecule has 1 unspecified atom stereocenters. The molecule has 0 aromatic carbocycles. The summed E-state index contributed by atoms with van der Waals surface area (Å²) in [6, 6.07) is 0. The molecule has 24 heavy (non-hydrogen) atoms. The Hall–Kier alpha value is -0.130. The molecule has 0 radical (unpaired) electrons. The first-order valence-electron chi connectivity index (χ1n) is 9.82. The Morgan fingerprint density at radius 1 is 0.875 bits per heavy atom. The Morgan fingerprint density at radius 2 is 1.25 bits per heavy atom. The molecule has 0 aromatic rings. The smallest absolute Gasteiger partial charge is 0.264 e. The van der Waals surface area contributed by atoms with Crippen molar-refractivity contribution >= 4 is 10.1 Å². The Balaban J connectivity index is 0. The number of hydrogen-bond donors (Lipinski definition) is 2. The van der Waals surface area contributed by atoms with E-state index in [1.165, 1.54) is 77.6 Å². The molecule has 0 saturated heterocycles. The van der Waals surface area contributed by atoms with E-state index in [1.54, 1.807) is 0 Å². The van der Waals surface area contributed by atoms with E-state index in [-0.39, 0.29) is 11.3 Å². The lowest BCUT2D eigenvalue weighted by molar-refractivity contribution is 0.283. The van der Waals surface area contributed by atoms with Gasteiger partial charge in [-0.15, -0.1) is 0 Å². The van der Waals surface area contributed by atoms with Gasteiger partial charge in [-0.2, -0.15) is 8.42 Å². The van der Waals surface area contributed by atoms with E-state index in [0.29, 0.717) is 5.92 Å². The monoisotopic (exact) mass is 365 g/mol. The van der Waals surface area contributed by atoms with Crippen molar-refractivity contribution in [1.82, 2.24) is 0 Å². The molecule has 0 heterocycles. The minimum absolute atomic E-state index is 0.00883. The minimum atomic E-state index is -3.66. The summed E-state index contributed by atoms with van der Waals surface area (Å²) in [5, 5.41) is 0. The number of unbranched alkanes of at least 4 members (excludes halogenated alkanes) is 8. The van der Waals surface area contributed by atoms with Crippen LogP contribution in [0.15, 0.2) is 0 Å². The summed E-state index contributed by atoms with van der Waals surface area (Å²) in [7, 11) is -3.66. The van der Waals surface area contributed by atoms with Crippen molar-refractivity contribution in [2.24, 2.45) is 11.7 Å². The average Bonchev–Trinajstić information content (AvgIpc) is 2.48. The highest BCUT2D eigenvalue weighted by Crippen LogP contribution is 2.24. The summed E-state index contributed by atoms with van der Waals surface area (Å²) in [5.74, 6) is 0.495. The molecule has 3 N–H and O–H groups in total. The Morgan fingerprint density at radius 3 is 1.54 bits per heavy atom. The normalized spacial score (nSPS) is 13.3. The van der Waals surface area contributed by atoms with Crippen molar-refractivity contribution in [3.05, 3.63) is 0 Å². The van der Waals surface area contributed by atoms with E-state index in [1.807, 2.05) is 0 Å². The maximum atomic E-state index is 9.56. The van der Waals surface area contributed by atoms with E-state index in [9.17, 15) is 8.42 Å². The van der Waals surface area contributed by atoms with Crippen LogP contribution in [0.2, 0.25) is 0 Å². The van der Waals surface area contributed by atoms with Crippen LogP contribution in [0.3, 0.4) is 0 Å². The van der Waals surface area contributed by atoms with Gasteiger partial charge in [0.2, 0.25) is 0 Å². The van der Waals surface area contributed by atoms with E-state index in [4.69, 9.17) is 10.3 Å². The van der Waals surface area contributed by atoms with Crippen LogP contribution >= 0.6 is 0 Å². The number of hydrogen-bond acceptors (Lipinski definition) is 3. The molecule has 0 rings (SSSR count). The van der Waals surface area contributed by atoms with Gasteiger partial charge in [0.25, 0.3) is 10.1 Å². The first-order valence-corrected chi connectivity index (χ1v) is 11.4. The highest BCUT2D eigenvalue weighted by atomic mass is 32.2. The molecule has 1 atom stereocenters. The lowest BCUT2D eigenvalue weighted by atomic mass is 9.82. The van der Waals surface area contributed by atoms with Crippen molar-refractivity contribution in [3.63, 3.8) is 0 Å². The fraction of sp³-hybridized carbons (Fsp3) is 1.00. The lowest BCUT2D eigenvalue weighted by Crippen LogP contribution is -2.40. The van der Waals surface area contributed by atoms with Gasteiger partial charge in [-0.1, -0.05) is 78.1 Å². The van der Waals surface area contributed by atoms with Crippen LogP contribution in [0.25, 0.3) is 0 Å². The standard InChI is InChI=1S/C17H37N.C2H6O3S/c1-5-7-8-9-10-11-12-13-14-15-16(6-2)17(3,4)18;1-2-6(3,4)5/h16H,5-15,18H2,1-4H3;2H2,1H3,(H,3,4,5). The van der Waals surface area contributed by atoms with Crippen LogP contribution in [-0.2, 0) is 10.1 Å². The van der Waals surface area contributed by atoms with Gasteiger partial charge >= 0.3 is 0 Å². The van der Waals surface area contributed by atoms with Crippen LogP contribution in [0.5, 0.6) is 0 Å². The van der Waals surface area contributed by atoms with Gasteiger partial charge in [-0.05, 0) is 33.1 Å². The number of rotatable bonds is 13. The van der Waals surface area contributed by atoms with Crippen LogP contribution in [0, 0.1) is 5.92 Å². The molecule has 0 amide bonds. The van der Waals surface area contributed by atoms with Gasteiger partial charge in [0, 0.05) is 5.54 Å². The van der Waals surface area contributed by atoms with Gasteiger partial charge in [-0.25, -0.2) is 0 Å². The fourth-order valence-electron chi connectivity index (χ4n) is 2.80. The molecule has 148 valence electrons. The predicted octanol–water partition coefficient (Wildman–Crippen LogP) is 5.56. The predicted molar refractivity (Wildman–Crippen MR) is 106 cm³/mol. The molecule has 0 aromatic heterocycles. The largest absolute Gasteiger partial charge is 0.325 e. The van der Waals surface area contributed by atoms with Gasteiger partial charge in [0.15, 0.2) is 0 Å². The van der Waals surface area contributed by atoms with Crippen LogP contribution in [-0.4, -0.2) is 24.3 Å². The zero-order valence-electron chi connectivity index (χ0n) is 16.8. The second-order valence-electron chi connectivity index (χ2n) is 7.41. The Bertz CT molecular complexity index is 361. The molecule has 4 nitrogen and oxygen atoms in total. The minimum Gasteiger partial charge on any atom is -0.325 e. The van der Waals surface area contributed by atoms with Crippen molar-refractivity contribution < 1.29 is 13.0 Å². The van der Waals surface area contributed by atoms with Crippen molar-refractivity contribution in [3.8, 4) is 0 Å². The third-order valence-corrected chi connectivity index (χ3v) is 5.30. The zero-order valence-corrected chi connectivity index (χ0v) is 17.6. The first kappa shape index (κ1) is 26.1. The maximum Gasteiger partial charge on any atom is 0.264 e. The lowest BCUT2D eigenvalue weighted by Gasteiger charge is -2.29. The maximum absolute atomic E-state index is 9.56. The molecule has 0 fully saturated rings. The quantitative estimate of drug-likeness (QED) is 0.330. The molecule has 5 heteroatoms. The van der Waals surface area contributed by atoms with Gasteiger partial charge in [0.1, 0.15) is 0 Å². The summed E-state index contributed by atoms with van der Waals surface area (Å²) < 4.78 is 26.9. The zero-order chi connectivity index (χ0) is 19.1. The third-order valence-electron chi connectivity index (χ3n) is 4.57. The van der Waals surface area contributed by atoms with E-state index >= 15 is 0 Å². The molecule has 0 saturated carbocycles. The first-order chi connectivity index (χ1) is 11.1. The van der Waals surface area contributed by atoms with E-state index in [0.717, 1.165) is 0 Å². The molecule has 0 aliphatic heterocycles. The SMILES string of the molecule is CCCCCCCCCCCC(CC)C(C)(C)N.CCS(=O)(=O)O. The Labute approximate surface area is 151 Å². The summed E-state index contributed by atoms with van der Waals surface area (Å²) in [5.41, 5.74) is 6.21. The molecule has 0 bridgehead atoms. The second kappa shape index (κ2) is 15.2. The van der Waals surface area contributed by atoms with Gasteiger partial charge in [0.05, 0.1) is 5.75 Å². The third kappa shape index (κ3) is 19.9. The molecule has 0 spiro atoms. The summed E-state index contributed by atoms with van der Waals surface area (Å²) in [6.07, 6.45) is 15.3. The Kier molecular flexibility index (Phi) is 16.5. The summed E-state index contributed by atoms with van der Waals surface area (Å²) >= 11 is 0. The highest BCUT2D eigenvalue weighted by molar-refractivity contribution is 7.85. The van der Waals surface area contributed by atoms with Crippen LogP contribution < -0.4 is 5.73 Å². The summed E-state index contributed by atoms with van der Waals surface area (Å²) in [4.78, 5) is 0.